The maximum atomic E-state index is 2.36. The summed E-state index contributed by atoms with van der Waals surface area (Å²) in [7, 11) is 2.11. The molecule has 1 heterocycles. The Balaban J connectivity index is 2.05. The van der Waals surface area contributed by atoms with Gasteiger partial charge in [0.25, 0.3) is 0 Å². The van der Waals surface area contributed by atoms with Gasteiger partial charge < -0.3 is 9.80 Å². The van der Waals surface area contributed by atoms with Crippen molar-refractivity contribution in [2.45, 2.75) is 26.2 Å². The molecular formula is C9H18N2. The van der Waals surface area contributed by atoms with Crippen molar-refractivity contribution in [1.29, 1.82) is 0 Å². The maximum absolute atomic E-state index is 2.36. The van der Waals surface area contributed by atoms with Gasteiger partial charge >= 0.3 is 0 Å². The molecular weight excluding hydrogens is 136 g/mol. The largest absolute Gasteiger partial charge is 0.362 e. The van der Waals surface area contributed by atoms with Crippen LogP contribution in [0.3, 0.4) is 0 Å². The number of nitrogens with zero attached hydrogens (tertiary/aromatic N) is 2. The molecule has 0 radical (unpaired) electrons. The molecule has 1 aliphatic rings. The molecule has 0 saturated heterocycles. The minimum atomic E-state index is 1.07. The Hall–Kier alpha value is -0.660. The molecule has 0 aromatic carbocycles. The van der Waals surface area contributed by atoms with Crippen LogP contribution in [0.1, 0.15) is 26.2 Å². The van der Waals surface area contributed by atoms with Gasteiger partial charge in [-0.05, 0) is 6.42 Å². The predicted octanol–water partition coefficient (Wildman–Crippen LogP) is 1.85. The molecule has 0 aromatic heterocycles. The van der Waals surface area contributed by atoms with E-state index in [2.05, 4.69) is 36.2 Å². The Morgan fingerprint density at radius 1 is 1.27 bits per heavy atom. The quantitative estimate of drug-likeness (QED) is 0.570. The van der Waals surface area contributed by atoms with Crippen LogP contribution in [0.4, 0.5) is 0 Å². The van der Waals surface area contributed by atoms with Crippen LogP contribution in [0.25, 0.3) is 0 Å². The molecule has 0 N–H and O–H groups in total. The lowest BCUT2D eigenvalue weighted by Gasteiger charge is -2.17. The van der Waals surface area contributed by atoms with E-state index in [1.165, 1.54) is 25.8 Å². The minimum Gasteiger partial charge on any atom is -0.362 e. The summed E-state index contributed by atoms with van der Waals surface area (Å²) in [6.07, 6.45) is 8.30. The normalized spacial score (nSPS) is 16.5. The topological polar surface area (TPSA) is 6.48 Å². The summed E-state index contributed by atoms with van der Waals surface area (Å²) in [4.78, 5) is 4.56. The van der Waals surface area contributed by atoms with Crippen molar-refractivity contribution < 1.29 is 0 Å². The van der Waals surface area contributed by atoms with E-state index in [1.54, 1.807) is 0 Å². The summed E-state index contributed by atoms with van der Waals surface area (Å²) in [5, 5.41) is 0. The standard InChI is InChI=1S/C9H18N2/c1-3-4-5-6-11-8-7-10(2)9-11/h7-8H,3-6,9H2,1-2H3. The van der Waals surface area contributed by atoms with Gasteiger partial charge in [0.1, 0.15) is 0 Å². The number of hydrogen-bond donors (Lipinski definition) is 0. The summed E-state index contributed by atoms with van der Waals surface area (Å²) in [5.41, 5.74) is 0. The molecule has 0 aromatic rings. The SMILES string of the molecule is CCCCCN1C=CN(C)C1. The van der Waals surface area contributed by atoms with Gasteiger partial charge in [0.2, 0.25) is 0 Å². The third-order valence-corrected chi connectivity index (χ3v) is 1.99. The Morgan fingerprint density at radius 3 is 2.64 bits per heavy atom. The molecule has 64 valence electrons. The summed E-state index contributed by atoms with van der Waals surface area (Å²) < 4.78 is 0. The van der Waals surface area contributed by atoms with Crippen LogP contribution in [0.2, 0.25) is 0 Å². The molecule has 0 unspecified atom stereocenters. The highest BCUT2D eigenvalue weighted by molar-refractivity contribution is 4.88. The summed E-state index contributed by atoms with van der Waals surface area (Å²) in [5.74, 6) is 0. The van der Waals surface area contributed by atoms with Gasteiger partial charge in [-0.15, -0.1) is 0 Å². The zero-order chi connectivity index (χ0) is 8.10. The highest BCUT2D eigenvalue weighted by atomic mass is 15.3. The van der Waals surface area contributed by atoms with Gasteiger partial charge in [-0.2, -0.15) is 0 Å². The average Bonchev–Trinajstić information content (AvgIpc) is 2.37. The average molecular weight is 154 g/mol. The third-order valence-electron chi connectivity index (χ3n) is 1.99. The van der Waals surface area contributed by atoms with Crippen LogP contribution < -0.4 is 0 Å². The fraction of sp³-hybridized carbons (Fsp3) is 0.778. The van der Waals surface area contributed by atoms with E-state index < -0.39 is 0 Å². The number of hydrogen-bond acceptors (Lipinski definition) is 2. The number of rotatable bonds is 4. The first-order valence-electron chi connectivity index (χ1n) is 4.45. The van der Waals surface area contributed by atoms with Crippen LogP contribution in [0.5, 0.6) is 0 Å². The monoisotopic (exact) mass is 154 g/mol. The molecule has 0 aliphatic carbocycles. The summed E-state index contributed by atoms with van der Waals surface area (Å²) in [6, 6.07) is 0. The van der Waals surface area contributed by atoms with Crippen molar-refractivity contribution in [2.24, 2.45) is 0 Å². The van der Waals surface area contributed by atoms with Crippen LogP contribution in [0.15, 0.2) is 12.4 Å². The van der Waals surface area contributed by atoms with Crippen molar-refractivity contribution >= 4 is 0 Å². The number of unbranched alkanes of at least 4 members (excludes halogenated alkanes) is 2. The maximum Gasteiger partial charge on any atom is 0.0890 e. The van der Waals surface area contributed by atoms with Crippen LogP contribution in [0, 0.1) is 0 Å². The first-order valence-corrected chi connectivity index (χ1v) is 4.45. The van der Waals surface area contributed by atoms with Crippen molar-refractivity contribution in [2.75, 3.05) is 20.3 Å². The highest BCUT2D eigenvalue weighted by Gasteiger charge is 2.06. The van der Waals surface area contributed by atoms with E-state index in [0.717, 1.165) is 6.67 Å². The molecule has 1 aliphatic heterocycles. The van der Waals surface area contributed by atoms with Gasteiger partial charge in [-0.25, -0.2) is 0 Å². The summed E-state index contributed by atoms with van der Waals surface area (Å²) >= 11 is 0. The Morgan fingerprint density at radius 2 is 2.09 bits per heavy atom. The lowest BCUT2D eigenvalue weighted by molar-refractivity contribution is 0.291. The Kier molecular flexibility index (Phi) is 3.27. The van der Waals surface area contributed by atoms with Crippen molar-refractivity contribution in [1.82, 2.24) is 9.80 Å². The smallest absolute Gasteiger partial charge is 0.0890 e. The van der Waals surface area contributed by atoms with Crippen LogP contribution in [-0.4, -0.2) is 30.1 Å². The fourth-order valence-electron chi connectivity index (χ4n) is 1.30. The zero-order valence-corrected chi connectivity index (χ0v) is 7.58. The van der Waals surface area contributed by atoms with E-state index in [0.29, 0.717) is 0 Å². The van der Waals surface area contributed by atoms with Crippen LogP contribution in [-0.2, 0) is 0 Å². The van der Waals surface area contributed by atoms with E-state index in [4.69, 9.17) is 0 Å². The van der Waals surface area contributed by atoms with Crippen molar-refractivity contribution in [3.8, 4) is 0 Å². The molecule has 0 amide bonds. The minimum absolute atomic E-state index is 1.07. The first-order chi connectivity index (χ1) is 5.33. The van der Waals surface area contributed by atoms with Gasteiger partial charge in [0.15, 0.2) is 0 Å². The molecule has 2 nitrogen and oxygen atoms in total. The van der Waals surface area contributed by atoms with Gasteiger partial charge in [0, 0.05) is 26.0 Å². The first kappa shape index (κ1) is 8.44. The van der Waals surface area contributed by atoms with Gasteiger partial charge in [-0.1, -0.05) is 19.8 Å². The second-order valence-electron chi connectivity index (χ2n) is 3.22. The molecule has 0 fully saturated rings. The second kappa shape index (κ2) is 4.27. The molecule has 0 saturated carbocycles. The van der Waals surface area contributed by atoms with Crippen molar-refractivity contribution in [3.05, 3.63) is 12.4 Å². The van der Waals surface area contributed by atoms with E-state index in [-0.39, 0.29) is 0 Å². The molecule has 0 atom stereocenters. The van der Waals surface area contributed by atoms with Crippen LogP contribution >= 0.6 is 0 Å². The van der Waals surface area contributed by atoms with E-state index in [9.17, 15) is 0 Å². The Bertz CT molecular complexity index is 132. The van der Waals surface area contributed by atoms with Gasteiger partial charge in [-0.3, -0.25) is 0 Å². The van der Waals surface area contributed by atoms with E-state index >= 15 is 0 Å². The third kappa shape index (κ3) is 2.83. The molecule has 11 heavy (non-hydrogen) atoms. The molecule has 0 spiro atoms. The van der Waals surface area contributed by atoms with Gasteiger partial charge in [0.05, 0.1) is 6.67 Å². The highest BCUT2D eigenvalue weighted by Crippen LogP contribution is 2.05. The fourth-order valence-corrected chi connectivity index (χ4v) is 1.30. The molecule has 0 bridgehead atoms. The molecule has 2 heteroatoms. The van der Waals surface area contributed by atoms with Crippen molar-refractivity contribution in [3.63, 3.8) is 0 Å². The van der Waals surface area contributed by atoms with E-state index in [1.807, 2.05) is 0 Å². The lowest BCUT2D eigenvalue weighted by atomic mass is 10.2. The Labute approximate surface area is 69.5 Å². The lowest BCUT2D eigenvalue weighted by Crippen LogP contribution is -2.23. The predicted molar refractivity (Wildman–Crippen MR) is 48.0 cm³/mol. The summed E-state index contributed by atoms with van der Waals surface area (Å²) in [6.45, 7) is 4.53. The zero-order valence-electron chi connectivity index (χ0n) is 7.58. The molecule has 1 rings (SSSR count). The second-order valence-corrected chi connectivity index (χ2v) is 3.22.